The standard InChI is InChI=1S/C31H25Cl2FN2O4S/c1-4-39-30(38)26-18(3)35-31-36(27(26)21-9-5-17(2)6-10-21)29(37)25(41-31)15-20-13-23(32)28(24(33)14-20)40-16-19-7-11-22(34)12-8-19/h5-15,27H,4,16H2,1-3H3/b25-15+/t27-/m1/s1. The highest BCUT2D eigenvalue weighted by Crippen LogP contribution is 2.35. The molecule has 0 fully saturated rings. The first-order chi connectivity index (χ1) is 19.7. The molecule has 4 aromatic rings. The Hall–Kier alpha value is -3.72. The van der Waals surface area contributed by atoms with Gasteiger partial charge in [-0.3, -0.25) is 9.36 Å². The van der Waals surface area contributed by atoms with Gasteiger partial charge in [-0.05, 0) is 67.8 Å². The maximum atomic E-state index is 13.8. The Bertz CT molecular complexity index is 1820. The minimum atomic E-state index is -0.692. The third-order valence-corrected chi connectivity index (χ3v) is 8.07. The number of hydrogen-bond donors (Lipinski definition) is 0. The van der Waals surface area contributed by atoms with Gasteiger partial charge >= 0.3 is 5.97 Å². The molecule has 0 amide bonds. The Labute approximate surface area is 249 Å². The number of carbonyl (C=O) groups is 1. The van der Waals surface area contributed by atoms with Gasteiger partial charge in [0.25, 0.3) is 5.56 Å². The summed E-state index contributed by atoms with van der Waals surface area (Å²) in [7, 11) is 0. The first-order valence-corrected chi connectivity index (χ1v) is 14.4. The highest BCUT2D eigenvalue weighted by molar-refractivity contribution is 7.07. The van der Waals surface area contributed by atoms with Crippen LogP contribution in [-0.4, -0.2) is 17.1 Å². The number of ether oxygens (including phenoxy) is 2. The Morgan fingerprint density at radius 2 is 1.73 bits per heavy atom. The van der Waals surface area contributed by atoms with Crippen LogP contribution < -0.4 is 19.6 Å². The van der Waals surface area contributed by atoms with Crippen LogP contribution in [0.5, 0.6) is 5.75 Å². The monoisotopic (exact) mass is 610 g/mol. The number of nitrogens with zero attached hydrogens (tertiary/aromatic N) is 2. The van der Waals surface area contributed by atoms with E-state index in [0.717, 1.165) is 16.7 Å². The summed E-state index contributed by atoms with van der Waals surface area (Å²) in [4.78, 5) is 31.9. The number of allylic oxidation sites excluding steroid dienone is 1. The average Bonchev–Trinajstić information content (AvgIpc) is 3.23. The van der Waals surface area contributed by atoms with Gasteiger partial charge < -0.3 is 9.47 Å². The number of benzene rings is 3. The van der Waals surface area contributed by atoms with E-state index < -0.39 is 12.0 Å². The topological polar surface area (TPSA) is 69.9 Å². The smallest absolute Gasteiger partial charge is 0.338 e. The van der Waals surface area contributed by atoms with E-state index >= 15 is 0 Å². The molecule has 0 N–H and O–H groups in total. The highest BCUT2D eigenvalue weighted by Gasteiger charge is 2.33. The number of carbonyl (C=O) groups excluding carboxylic acids is 1. The van der Waals surface area contributed by atoms with Crippen molar-refractivity contribution in [2.45, 2.75) is 33.4 Å². The van der Waals surface area contributed by atoms with Crippen LogP contribution in [-0.2, 0) is 16.1 Å². The number of thiazole rings is 1. The fraction of sp³-hybridized carbons (Fsp3) is 0.194. The molecule has 0 aliphatic carbocycles. The summed E-state index contributed by atoms with van der Waals surface area (Å²) in [6.07, 6.45) is 1.68. The second kappa shape index (κ2) is 12.0. The van der Waals surface area contributed by atoms with Crippen molar-refractivity contribution in [1.82, 2.24) is 4.57 Å². The van der Waals surface area contributed by atoms with Gasteiger partial charge in [0.1, 0.15) is 12.4 Å². The number of hydrogen-bond acceptors (Lipinski definition) is 6. The molecule has 0 radical (unpaired) electrons. The van der Waals surface area contributed by atoms with Crippen molar-refractivity contribution in [1.29, 1.82) is 0 Å². The first-order valence-electron chi connectivity index (χ1n) is 12.8. The molecule has 1 aliphatic rings. The number of aromatic nitrogens is 1. The predicted octanol–water partition coefficient (Wildman–Crippen LogP) is 6.13. The highest BCUT2D eigenvalue weighted by atomic mass is 35.5. The number of halogens is 3. The number of rotatable bonds is 7. The van der Waals surface area contributed by atoms with Crippen LogP contribution in [0.15, 0.2) is 81.7 Å². The molecule has 0 bridgehead atoms. The van der Waals surface area contributed by atoms with Crippen LogP contribution in [0.2, 0.25) is 10.0 Å². The van der Waals surface area contributed by atoms with E-state index in [0.29, 0.717) is 26.2 Å². The van der Waals surface area contributed by atoms with Crippen molar-refractivity contribution in [3.8, 4) is 5.75 Å². The second-order valence-electron chi connectivity index (χ2n) is 9.44. The molecule has 1 aliphatic heterocycles. The van der Waals surface area contributed by atoms with Gasteiger partial charge in [-0.15, -0.1) is 0 Å². The normalized spacial score (nSPS) is 15.0. The summed E-state index contributed by atoms with van der Waals surface area (Å²) in [6.45, 7) is 5.80. The molecule has 10 heteroatoms. The predicted molar refractivity (Wildman–Crippen MR) is 159 cm³/mol. The molecule has 0 spiro atoms. The molecule has 0 saturated carbocycles. The summed E-state index contributed by atoms with van der Waals surface area (Å²) < 4.78 is 26.3. The van der Waals surface area contributed by atoms with Crippen molar-refractivity contribution < 1.29 is 18.7 Å². The zero-order chi connectivity index (χ0) is 29.3. The summed E-state index contributed by atoms with van der Waals surface area (Å²) in [5, 5.41) is 0.522. The van der Waals surface area contributed by atoms with Gasteiger partial charge in [0.05, 0.1) is 38.5 Å². The largest absolute Gasteiger partial charge is 0.486 e. The quantitative estimate of drug-likeness (QED) is 0.236. The molecular weight excluding hydrogens is 586 g/mol. The Balaban J connectivity index is 1.54. The van der Waals surface area contributed by atoms with Gasteiger partial charge in [0.2, 0.25) is 0 Å². The lowest BCUT2D eigenvalue weighted by Gasteiger charge is -2.24. The molecule has 1 atom stereocenters. The SMILES string of the molecule is CCOC(=O)C1=C(C)N=c2s/c(=C/c3cc(Cl)c(OCc4ccc(F)cc4)c(Cl)c3)c(=O)n2[C@@H]1c1ccc(C)cc1. The van der Waals surface area contributed by atoms with Gasteiger partial charge in [-0.1, -0.05) is 76.5 Å². The first kappa shape index (κ1) is 28.8. The van der Waals surface area contributed by atoms with Crippen molar-refractivity contribution in [3.63, 3.8) is 0 Å². The lowest BCUT2D eigenvalue weighted by atomic mass is 9.95. The number of aryl methyl sites for hydroxylation is 1. The zero-order valence-corrected chi connectivity index (χ0v) is 24.7. The number of esters is 1. The van der Waals surface area contributed by atoms with Gasteiger partial charge in [-0.2, -0.15) is 0 Å². The minimum absolute atomic E-state index is 0.152. The van der Waals surface area contributed by atoms with E-state index in [1.807, 2.05) is 31.2 Å². The van der Waals surface area contributed by atoms with Crippen LogP contribution in [0.1, 0.15) is 42.1 Å². The third kappa shape index (κ3) is 6.00. The molecule has 0 unspecified atom stereocenters. The van der Waals surface area contributed by atoms with Crippen molar-refractivity contribution in [2.24, 2.45) is 4.99 Å². The third-order valence-electron chi connectivity index (χ3n) is 6.52. The summed E-state index contributed by atoms with van der Waals surface area (Å²) in [5.74, 6) is -0.564. The van der Waals surface area contributed by atoms with E-state index in [4.69, 9.17) is 32.7 Å². The average molecular weight is 612 g/mol. The van der Waals surface area contributed by atoms with Gasteiger partial charge in [0, 0.05) is 0 Å². The molecule has 41 heavy (non-hydrogen) atoms. The van der Waals surface area contributed by atoms with E-state index in [2.05, 4.69) is 4.99 Å². The molecule has 3 aromatic carbocycles. The fourth-order valence-corrected chi connectivity index (χ4v) is 6.20. The maximum Gasteiger partial charge on any atom is 0.338 e. The van der Waals surface area contributed by atoms with Gasteiger partial charge in [-0.25, -0.2) is 14.2 Å². The van der Waals surface area contributed by atoms with Crippen LogP contribution in [0, 0.1) is 12.7 Å². The Kier molecular flexibility index (Phi) is 8.45. The van der Waals surface area contributed by atoms with Crippen LogP contribution in [0.25, 0.3) is 6.08 Å². The number of fused-ring (bicyclic) bond motifs is 1. The van der Waals surface area contributed by atoms with E-state index in [-0.39, 0.29) is 40.4 Å². The molecular formula is C31H25Cl2FN2O4S. The van der Waals surface area contributed by atoms with Gasteiger partial charge in [0.15, 0.2) is 10.6 Å². The zero-order valence-electron chi connectivity index (χ0n) is 22.4. The van der Waals surface area contributed by atoms with Crippen LogP contribution >= 0.6 is 34.5 Å². The van der Waals surface area contributed by atoms with Crippen molar-refractivity contribution in [2.75, 3.05) is 6.61 Å². The minimum Gasteiger partial charge on any atom is -0.486 e. The molecule has 6 nitrogen and oxygen atoms in total. The molecule has 5 rings (SSSR count). The molecule has 0 saturated heterocycles. The maximum absolute atomic E-state index is 13.8. The Morgan fingerprint density at radius 3 is 2.37 bits per heavy atom. The molecule has 1 aromatic heterocycles. The van der Waals surface area contributed by atoms with E-state index in [1.54, 1.807) is 44.2 Å². The lowest BCUT2D eigenvalue weighted by molar-refractivity contribution is -0.139. The Morgan fingerprint density at radius 1 is 1.07 bits per heavy atom. The molecule has 210 valence electrons. The summed E-state index contributed by atoms with van der Waals surface area (Å²) in [6, 6.07) is 16.2. The van der Waals surface area contributed by atoms with E-state index in [1.165, 1.54) is 28.0 Å². The van der Waals surface area contributed by atoms with Crippen molar-refractivity contribution in [3.05, 3.63) is 130 Å². The van der Waals surface area contributed by atoms with Crippen LogP contribution in [0.4, 0.5) is 4.39 Å². The lowest BCUT2D eigenvalue weighted by Crippen LogP contribution is -2.39. The fourth-order valence-electron chi connectivity index (χ4n) is 4.54. The van der Waals surface area contributed by atoms with Crippen LogP contribution in [0.3, 0.4) is 0 Å². The molecule has 2 heterocycles. The summed E-state index contributed by atoms with van der Waals surface area (Å²) >= 11 is 14.2. The van der Waals surface area contributed by atoms with E-state index in [9.17, 15) is 14.0 Å². The van der Waals surface area contributed by atoms with Crippen molar-refractivity contribution >= 4 is 46.6 Å². The second-order valence-corrected chi connectivity index (χ2v) is 11.3. The summed E-state index contributed by atoms with van der Waals surface area (Å²) in [5.41, 5.74) is 3.68.